The molecular weight excluding hydrogens is 370 g/mol. The van der Waals surface area contributed by atoms with Gasteiger partial charge in [0, 0.05) is 17.6 Å². The molecule has 1 N–H and O–H groups in total. The molecule has 1 aromatic heterocycles. The highest BCUT2D eigenvalue weighted by Gasteiger charge is 2.21. The second-order valence-corrected chi connectivity index (χ2v) is 6.70. The molecule has 0 aliphatic carbocycles. The zero-order valence-electron chi connectivity index (χ0n) is 13.4. The molecule has 1 fully saturated rings. The Morgan fingerprint density at radius 2 is 1.83 bits per heavy atom. The quantitative estimate of drug-likeness (QED) is 0.874. The number of carbonyl (C=O) groups is 2. The van der Waals surface area contributed by atoms with Gasteiger partial charge in [-0.2, -0.15) is 0 Å². The van der Waals surface area contributed by atoms with Crippen molar-refractivity contribution < 1.29 is 9.59 Å². The van der Waals surface area contributed by atoms with Gasteiger partial charge in [0.25, 0.3) is 11.8 Å². The number of aryl methyl sites for hydroxylation is 1. The first-order valence-electron chi connectivity index (χ1n) is 7.88. The van der Waals surface area contributed by atoms with Crippen LogP contribution in [0.15, 0.2) is 40.9 Å². The van der Waals surface area contributed by atoms with Crippen LogP contribution in [0.3, 0.4) is 0 Å². The summed E-state index contributed by atoms with van der Waals surface area (Å²) in [5.74, 6) is -0.450. The fourth-order valence-corrected chi connectivity index (χ4v) is 3.26. The van der Waals surface area contributed by atoms with Gasteiger partial charge in [-0.3, -0.25) is 9.59 Å². The van der Waals surface area contributed by atoms with E-state index in [-0.39, 0.29) is 17.5 Å². The molecule has 0 spiro atoms. The Morgan fingerprint density at radius 1 is 1.12 bits per heavy atom. The van der Waals surface area contributed by atoms with Gasteiger partial charge < -0.3 is 10.2 Å². The average Bonchev–Trinajstić information content (AvgIpc) is 3.11. The molecule has 1 aliphatic rings. The van der Waals surface area contributed by atoms with Gasteiger partial charge >= 0.3 is 0 Å². The largest absolute Gasteiger partial charge is 0.337 e. The molecule has 5 nitrogen and oxygen atoms in total. The molecular formula is C18H18BrN3O2. The van der Waals surface area contributed by atoms with Crippen LogP contribution in [0.1, 0.15) is 39.4 Å². The van der Waals surface area contributed by atoms with Crippen LogP contribution < -0.4 is 5.32 Å². The lowest BCUT2D eigenvalue weighted by Gasteiger charge is -2.15. The molecule has 1 saturated heterocycles. The monoisotopic (exact) mass is 387 g/mol. The number of halogens is 1. The van der Waals surface area contributed by atoms with Gasteiger partial charge in [0.1, 0.15) is 11.4 Å². The zero-order valence-corrected chi connectivity index (χ0v) is 15.0. The molecule has 2 aromatic rings. The lowest BCUT2D eigenvalue weighted by Crippen LogP contribution is -2.29. The van der Waals surface area contributed by atoms with Crippen molar-refractivity contribution in [1.82, 2.24) is 9.88 Å². The minimum atomic E-state index is -0.337. The van der Waals surface area contributed by atoms with E-state index >= 15 is 0 Å². The summed E-state index contributed by atoms with van der Waals surface area (Å²) in [6, 6.07) is 10.6. The second-order valence-electron chi connectivity index (χ2n) is 5.84. The minimum absolute atomic E-state index is 0.112. The Morgan fingerprint density at radius 3 is 2.54 bits per heavy atom. The van der Waals surface area contributed by atoms with Gasteiger partial charge in [-0.15, -0.1) is 0 Å². The standard InChI is InChI=1S/C18H18BrN3O2/c1-12-7-8-14(13(19)11-12)21-17(23)15-5-4-6-16(20-15)18(24)22-9-2-3-10-22/h4-8,11H,2-3,9-10H2,1H3,(H,21,23). The second kappa shape index (κ2) is 7.13. The summed E-state index contributed by atoms with van der Waals surface area (Å²) in [6.07, 6.45) is 2.04. The summed E-state index contributed by atoms with van der Waals surface area (Å²) in [5.41, 5.74) is 2.31. The fourth-order valence-electron chi connectivity index (χ4n) is 2.67. The predicted octanol–water partition coefficient (Wildman–Crippen LogP) is 3.64. The SMILES string of the molecule is Cc1ccc(NC(=O)c2cccc(C(=O)N3CCCC3)n2)c(Br)c1. The van der Waals surface area contributed by atoms with E-state index in [2.05, 4.69) is 26.2 Å². The molecule has 1 aliphatic heterocycles. The summed E-state index contributed by atoms with van der Waals surface area (Å²) < 4.78 is 0.806. The first-order valence-corrected chi connectivity index (χ1v) is 8.68. The van der Waals surface area contributed by atoms with Crippen LogP contribution in [0, 0.1) is 6.92 Å². The number of likely N-dealkylation sites (tertiary alicyclic amines) is 1. The van der Waals surface area contributed by atoms with Crippen molar-refractivity contribution in [2.75, 3.05) is 18.4 Å². The van der Waals surface area contributed by atoms with Crippen LogP contribution in [0.5, 0.6) is 0 Å². The minimum Gasteiger partial charge on any atom is -0.337 e. The number of benzene rings is 1. The van der Waals surface area contributed by atoms with Crippen LogP contribution in [0.25, 0.3) is 0 Å². The highest BCUT2D eigenvalue weighted by Crippen LogP contribution is 2.23. The molecule has 0 saturated carbocycles. The Balaban J connectivity index is 1.77. The van der Waals surface area contributed by atoms with Crippen molar-refractivity contribution >= 4 is 33.4 Å². The molecule has 24 heavy (non-hydrogen) atoms. The van der Waals surface area contributed by atoms with E-state index in [1.807, 2.05) is 25.1 Å². The summed E-state index contributed by atoms with van der Waals surface area (Å²) in [6.45, 7) is 3.49. The molecule has 3 rings (SSSR count). The maximum atomic E-state index is 12.4. The number of anilines is 1. The van der Waals surface area contributed by atoms with Crippen LogP contribution in [0.2, 0.25) is 0 Å². The van der Waals surface area contributed by atoms with Crippen molar-refractivity contribution in [2.24, 2.45) is 0 Å². The molecule has 0 atom stereocenters. The van der Waals surface area contributed by atoms with E-state index in [0.29, 0.717) is 11.4 Å². The van der Waals surface area contributed by atoms with Crippen LogP contribution in [-0.4, -0.2) is 34.8 Å². The number of hydrogen-bond donors (Lipinski definition) is 1. The third-order valence-electron chi connectivity index (χ3n) is 3.97. The smallest absolute Gasteiger partial charge is 0.274 e. The number of pyridine rings is 1. The van der Waals surface area contributed by atoms with Crippen molar-refractivity contribution in [1.29, 1.82) is 0 Å². The first kappa shape index (κ1) is 16.6. The topological polar surface area (TPSA) is 62.3 Å². The predicted molar refractivity (Wildman–Crippen MR) is 96.2 cm³/mol. The summed E-state index contributed by atoms with van der Waals surface area (Å²) in [7, 11) is 0. The van der Waals surface area contributed by atoms with Crippen LogP contribution in [-0.2, 0) is 0 Å². The van der Waals surface area contributed by atoms with Crippen molar-refractivity contribution in [2.45, 2.75) is 19.8 Å². The van der Waals surface area contributed by atoms with Crippen molar-refractivity contribution in [3.05, 3.63) is 57.8 Å². The highest BCUT2D eigenvalue weighted by molar-refractivity contribution is 9.10. The molecule has 6 heteroatoms. The van der Waals surface area contributed by atoms with Gasteiger partial charge in [-0.05, 0) is 65.5 Å². The highest BCUT2D eigenvalue weighted by atomic mass is 79.9. The lowest BCUT2D eigenvalue weighted by molar-refractivity contribution is 0.0787. The van der Waals surface area contributed by atoms with E-state index in [1.165, 1.54) is 0 Å². The summed E-state index contributed by atoms with van der Waals surface area (Å²) in [4.78, 5) is 30.8. The van der Waals surface area contributed by atoms with Crippen molar-refractivity contribution in [3.63, 3.8) is 0 Å². The van der Waals surface area contributed by atoms with Crippen molar-refractivity contribution in [3.8, 4) is 0 Å². The molecule has 0 radical (unpaired) electrons. The van der Waals surface area contributed by atoms with Gasteiger partial charge in [-0.1, -0.05) is 12.1 Å². The van der Waals surface area contributed by atoms with Crippen LogP contribution >= 0.6 is 15.9 Å². The van der Waals surface area contributed by atoms with Crippen LogP contribution in [0.4, 0.5) is 5.69 Å². The normalized spacial score (nSPS) is 13.8. The van der Waals surface area contributed by atoms with Gasteiger partial charge in [0.2, 0.25) is 0 Å². The zero-order chi connectivity index (χ0) is 17.1. The third kappa shape index (κ3) is 3.64. The Labute approximate surface area is 149 Å². The van der Waals surface area contributed by atoms with Gasteiger partial charge in [0.05, 0.1) is 5.69 Å². The van der Waals surface area contributed by atoms with E-state index in [4.69, 9.17) is 0 Å². The Kier molecular flexibility index (Phi) is 4.94. The maximum absolute atomic E-state index is 12.4. The number of aromatic nitrogens is 1. The fraction of sp³-hybridized carbons (Fsp3) is 0.278. The number of hydrogen-bond acceptors (Lipinski definition) is 3. The summed E-state index contributed by atoms with van der Waals surface area (Å²) >= 11 is 3.43. The third-order valence-corrected chi connectivity index (χ3v) is 4.62. The summed E-state index contributed by atoms with van der Waals surface area (Å²) in [5, 5.41) is 2.82. The van der Waals surface area contributed by atoms with Gasteiger partial charge in [-0.25, -0.2) is 4.98 Å². The molecule has 0 bridgehead atoms. The number of nitrogens with one attached hydrogen (secondary N) is 1. The maximum Gasteiger partial charge on any atom is 0.274 e. The molecule has 124 valence electrons. The molecule has 2 amide bonds. The number of carbonyl (C=O) groups excluding carboxylic acids is 2. The van der Waals surface area contributed by atoms with E-state index < -0.39 is 0 Å². The first-order chi connectivity index (χ1) is 11.5. The number of nitrogens with zero attached hydrogens (tertiary/aromatic N) is 2. The van der Waals surface area contributed by atoms with E-state index in [0.717, 1.165) is 36.0 Å². The molecule has 0 unspecified atom stereocenters. The number of rotatable bonds is 3. The lowest BCUT2D eigenvalue weighted by atomic mass is 10.2. The Hall–Kier alpha value is -2.21. The average molecular weight is 388 g/mol. The van der Waals surface area contributed by atoms with E-state index in [1.54, 1.807) is 23.1 Å². The molecule has 1 aromatic carbocycles. The molecule has 2 heterocycles. The van der Waals surface area contributed by atoms with E-state index in [9.17, 15) is 9.59 Å². The van der Waals surface area contributed by atoms with Gasteiger partial charge in [0.15, 0.2) is 0 Å². The number of amides is 2. The Bertz CT molecular complexity index is 786.